The fourth-order valence-electron chi connectivity index (χ4n) is 0.785. The molecule has 5 heteroatoms. The molecule has 0 bridgehead atoms. The highest BCUT2D eigenvalue weighted by Crippen LogP contribution is 2.09. The summed E-state index contributed by atoms with van der Waals surface area (Å²) in [6.07, 6.45) is 0. The molecular formula is C5H18O2Si3. The van der Waals surface area contributed by atoms with Gasteiger partial charge in [0.2, 0.25) is 0 Å². The van der Waals surface area contributed by atoms with Crippen LogP contribution in [-0.4, -0.2) is 42.5 Å². The van der Waals surface area contributed by atoms with Crippen LogP contribution >= 0.6 is 0 Å². The van der Waals surface area contributed by atoms with Crippen molar-refractivity contribution in [2.75, 3.05) is 14.2 Å². The minimum Gasteiger partial charge on any atom is -0.398 e. The van der Waals surface area contributed by atoms with Crippen LogP contribution in [0.5, 0.6) is 0 Å². The molecule has 0 N–H and O–H groups in total. The van der Waals surface area contributed by atoms with E-state index in [1.54, 1.807) is 14.2 Å². The first-order valence-corrected chi connectivity index (χ1v) is 9.72. The topological polar surface area (TPSA) is 18.5 Å². The summed E-state index contributed by atoms with van der Waals surface area (Å²) < 4.78 is 10.7. The molecule has 62 valence electrons. The molecule has 0 aliphatic rings. The lowest BCUT2D eigenvalue weighted by molar-refractivity contribution is 0.255. The summed E-state index contributed by atoms with van der Waals surface area (Å²) in [7, 11) is 3.45. The van der Waals surface area contributed by atoms with Crippen LogP contribution in [0.25, 0.3) is 0 Å². The summed E-state index contributed by atoms with van der Waals surface area (Å²) in [4.78, 5) is 0. The van der Waals surface area contributed by atoms with Gasteiger partial charge in [0.25, 0.3) is 0 Å². The van der Waals surface area contributed by atoms with Crippen LogP contribution in [0.4, 0.5) is 0 Å². The molecule has 0 heterocycles. The van der Waals surface area contributed by atoms with Crippen molar-refractivity contribution in [2.45, 2.75) is 17.9 Å². The van der Waals surface area contributed by atoms with E-state index in [0.717, 1.165) is 0 Å². The van der Waals surface area contributed by atoms with Crippen molar-refractivity contribution in [2.24, 2.45) is 0 Å². The lowest BCUT2D eigenvalue weighted by atomic mass is 11.8. The highest BCUT2D eigenvalue weighted by molar-refractivity contribution is 6.76. The molecule has 0 atom stereocenters. The molecule has 0 radical (unpaired) electrons. The van der Waals surface area contributed by atoms with Crippen LogP contribution in [-0.2, 0) is 8.85 Å². The zero-order chi connectivity index (χ0) is 8.04. The summed E-state index contributed by atoms with van der Waals surface area (Å²) in [6.45, 7) is 2.15. The van der Waals surface area contributed by atoms with E-state index in [0.29, 0.717) is 0 Å². The summed E-state index contributed by atoms with van der Waals surface area (Å²) in [5.74, 6) is 0. The maximum absolute atomic E-state index is 5.36. The van der Waals surface area contributed by atoms with Gasteiger partial charge in [-0.3, -0.25) is 0 Å². The SMILES string of the molecule is CO[Si](C)(C[SiH2]C[SiH3])OC. The van der Waals surface area contributed by atoms with Gasteiger partial charge in [0.15, 0.2) is 0 Å². The van der Waals surface area contributed by atoms with E-state index in [1.165, 1.54) is 21.6 Å². The Morgan fingerprint density at radius 3 is 2.20 bits per heavy atom. The van der Waals surface area contributed by atoms with Gasteiger partial charge in [-0.2, -0.15) is 0 Å². The molecule has 0 aromatic carbocycles. The van der Waals surface area contributed by atoms with Gasteiger partial charge in [-0.05, 0) is 22.5 Å². The van der Waals surface area contributed by atoms with Crippen LogP contribution in [0.3, 0.4) is 0 Å². The Balaban J connectivity index is 3.58. The van der Waals surface area contributed by atoms with E-state index < -0.39 is 8.56 Å². The van der Waals surface area contributed by atoms with E-state index in [4.69, 9.17) is 8.85 Å². The molecule has 10 heavy (non-hydrogen) atoms. The predicted molar refractivity (Wildman–Crippen MR) is 53.7 cm³/mol. The average Bonchev–Trinajstić information content (AvgIpc) is 2.00. The molecule has 0 rings (SSSR count). The second-order valence-electron chi connectivity index (χ2n) is 2.65. The third-order valence-electron chi connectivity index (χ3n) is 1.85. The Labute approximate surface area is 69.8 Å². The summed E-state index contributed by atoms with van der Waals surface area (Å²) in [5.41, 5.74) is 2.78. The molecular weight excluding hydrogens is 176 g/mol. The fraction of sp³-hybridized carbons (Fsp3) is 1.00. The van der Waals surface area contributed by atoms with Gasteiger partial charge < -0.3 is 8.85 Å². The second kappa shape index (κ2) is 5.25. The molecule has 0 spiro atoms. The second-order valence-corrected chi connectivity index (χ2v) is 12.4. The van der Waals surface area contributed by atoms with Crippen molar-refractivity contribution >= 4 is 28.3 Å². The first-order chi connectivity index (χ1) is 4.68. The standard InChI is InChI=1S/C5H18O2Si3/c1-6-10(3,7-2)5-9-4-8/h4-5,9H2,1-3,8H3. The molecule has 0 amide bonds. The Morgan fingerprint density at radius 2 is 1.90 bits per heavy atom. The van der Waals surface area contributed by atoms with Crippen LogP contribution in [0.1, 0.15) is 0 Å². The lowest BCUT2D eigenvalue weighted by Crippen LogP contribution is -2.37. The first-order valence-electron chi connectivity index (χ1n) is 3.79. The van der Waals surface area contributed by atoms with Crippen molar-refractivity contribution in [1.82, 2.24) is 0 Å². The third kappa shape index (κ3) is 3.67. The number of hydrogen-bond acceptors (Lipinski definition) is 2. The summed E-state index contributed by atoms with van der Waals surface area (Å²) >= 11 is 0. The summed E-state index contributed by atoms with van der Waals surface area (Å²) in [6, 6.07) is 0. The maximum atomic E-state index is 5.36. The first kappa shape index (κ1) is 10.6. The minimum absolute atomic E-state index is 0.169. The molecule has 0 aliphatic heterocycles. The van der Waals surface area contributed by atoms with Gasteiger partial charge in [0.05, 0.1) is 0 Å². The summed E-state index contributed by atoms with van der Waals surface area (Å²) in [5, 5.41) is 0. The van der Waals surface area contributed by atoms with Crippen molar-refractivity contribution in [3.63, 3.8) is 0 Å². The van der Waals surface area contributed by atoms with Gasteiger partial charge in [-0.25, -0.2) is 0 Å². The minimum atomic E-state index is -1.63. The van der Waals surface area contributed by atoms with Gasteiger partial charge in [0, 0.05) is 23.7 Å². The van der Waals surface area contributed by atoms with Crippen LogP contribution in [0, 0.1) is 0 Å². The molecule has 2 nitrogen and oxygen atoms in total. The predicted octanol–water partition coefficient (Wildman–Crippen LogP) is -0.781. The molecule has 0 saturated heterocycles. The molecule has 0 aromatic heterocycles. The Hall–Kier alpha value is 0.571. The lowest BCUT2D eigenvalue weighted by Gasteiger charge is -2.21. The van der Waals surface area contributed by atoms with Crippen molar-refractivity contribution in [3.05, 3.63) is 0 Å². The van der Waals surface area contributed by atoms with E-state index in [1.807, 2.05) is 0 Å². The largest absolute Gasteiger partial charge is 0.398 e. The monoisotopic (exact) mass is 194 g/mol. The van der Waals surface area contributed by atoms with E-state index in [-0.39, 0.29) is 9.52 Å². The molecule has 0 fully saturated rings. The zero-order valence-corrected chi connectivity index (χ0v) is 11.9. The molecule has 0 aromatic rings. The average molecular weight is 194 g/mol. The maximum Gasteiger partial charge on any atom is 0.331 e. The Kier molecular flexibility index (Phi) is 5.55. The van der Waals surface area contributed by atoms with Gasteiger partial charge in [-0.15, -0.1) is 0 Å². The van der Waals surface area contributed by atoms with Crippen molar-refractivity contribution in [3.8, 4) is 0 Å². The zero-order valence-electron chi connectivity index (χ0n) is 7.44. The Morgan fingerprint density at radius 1 is 1.40 bits per heavy atom. The van der Waals surface area contributed by atoms with Gasteiger partial charge in [-0.1, -0.05) is 5.67 Å². The number of rotatable bonds is 5. The third-order valence-corrected chi connectivity index (χ3v) is 11.5. The van der Waals surface area contributed by atoms with Crippen molar-refractivity contribution in [1.29, 1.82) is 0 Å². The highest BCUT2D eigenvalue weighted by Gasteiger charge is 2.27. The normalized spacial score (nSPS) is 13.5. The van der Waals surface area contributed by atoms with E-state index in [2.05, 4.69) is 6.55 Å². The van der Waals surface area contributed by atoms with Crippen LogP contribution in [0.2, 0.25) is 17.9 Å². The molecule has 0 aliphatic carbocycles. The highest BCUT2D eigenvalue weighted by atomic mass is 28.4. The van der Waals surface area contributed by atoms with Crippen LogP contribution < -0.4 is 0 Å². The smallest absolute Gasteiger partial charge is 0.331 e. The fourth-order valence-corrected chi connectivity index (χ4v) is 9.75. The molecule has 0 saturated carbocycles. The molecule has 0 unspecified atom stereocenters. The van der Waals surface area contributed by atoms with Crippen molar-refractivity contribution < 1.29 is 8.85 Å². The van der Waals surface area contributed by atoms with E-state index in [9.17, 15) is 0 Å². The Bertz CT molecular complexity index is 85.0. The quantitative estimate of drug-likeness (QED) is 0.535. The van der Waals surface area contributed by atoms with E-state index >= 15 is 0 Å². The number of hydrogen-bond donors (Lipinski definition) is 0. The van der Waals surface area contributed by atoms with Gasteiger partial charge >= 0.3 is 8.56 Å². The van der Waals surface area contributed by atoms with Gasteiger partial charge in [0.1, 0.15) is 0 Å². The van der Waals surface area contributed by atoms with Crippen LogP contribution in [0.15, 0.2) is 0 Å².